The highest BCUT2D eigenvalue weighted by atomic mass is 16.6. The number of fused-ring (bicyclic) bond motifs is 1. The molecule has 0 aliphatic carbocycles. The normalized spacial score (nSPS) is 15.1. The maximum atomic E-state index is 11.3. The highest BCUT2D eigenvalue weighted by Gasteiger charge is 2.18. The Bertz CT molecular complexity index is 462. The highest BCUT2D eigenvalue weighted by Crippen LogP contribution is 2.33. The zero-order valence-corrected chi connectivity index (χ0v) is 10.2. The van der Waals surface area contributed by atoms with Gasteiger partial charge < -0.3 is 15.2 Å². The summed E-state index contributed by atoms with van der Waals surface area (Å²) < 4.78 is 11.0. The van der Waals surface area contributed by atoms with Gasteiger partial charge in [-0.3, -0.25) is 10.2 Å². The molecular weight excluding hydrogens is 234 g/mol. The number of hydrogen-bond donors (Lipinski definition) is 3. The summed E-state index contributed by atoms with van der Waals surface area (Å²) in [4.78, 5) is 11.3. The maximum absolute atomic E-state index is 11.3. The number of nitrogens with one attached hydrogen (secondary N) is 1. The molecule has 0 spiro atoms. The zero-order chi connectivity index (χ0) is 13.1. The number of rotatable bonds is 3. The third kappa shape index (κ3) is 2.55. The molecule has 1 aromatic carbocycles. The van der Waals surface area contributed by atoms with Crippen molar-refractivity contribution in [1.29, 1.82) is 0 Å². The van der Waals surface area contributed by atoms with Gasteiger partial charge in [0.1, 0.15) is 13.2 Å². The van der Waals surface area contributed by atoms with Crippen molar-refractivity contribution in [2.75, 3.05) is 13.2 Å². The van der Waals surface area contributed by atoms with Gasteiger partial charge in [0.25, 0.3) is 5.91 Å². The Morgan fingerprint density at radius 1 is 1.39 bits per heavy atom. The summed E-state index contributed by atoms with van der Waals surface area (Å²) in [6, 6.07) is 3.10. The molecule has 1 aliphatic rings. The second kappa shape index (κ2) is 5.24. The number of hydrazine groups is 1. The van der Waals surface area contributed by atoms with Gasteiger partial charge in [0.2, 0.25) is 0 Å². The fourth-order valence-electron chi connectivity index (χ4n) is 1.89. The number of hydrogen-bond acceptors (Lipinski definition) is 5. The molecule has 0 saturated heterocycles. The third-order valence-corrected chi connectivity index (χ3v) is 2.92. The first kappa shape index (κ1) is 12.7. The Hall–Kier alpha value is -1.79. The van der Waals surface area contributed by atoms with E-state index >= 15 is 0 Å². The number of ether oxygens (including phenoxy) is 2. The molecule has 18 heavy (non-hydrogen) atoms. The van der Waals surface area contributed by atoms with Crippen molar-refractivity contribution in [2.24, 2.45) is 11.6 Å². The van der Waals surface area contributed by atoms with Crippen LogP contribution in [0.3, 0.4) is 0 Å². The number of carbonyl (C=O) groups is 1. The van der Waals surface area contributed by atoms with E-state index in [0.717, 1.165) is 16.9 Å². The summed E-state index contributed by atoms with van der Waals surface area (Å²) in [6.07, 6.45) is 0.408. The molecule has 1 aliphatic heterocycles. The first-order chi connectivity index (χ1) is 8.61. The van der Waals surface area contributed by atoms with E-state index in [9.17, 15) is 4.79 Å². The average Bonchev–Trinajstić information content (AvgIpc) is 2.38. The van der Waals surface area contributed by atoms with Crippen LogP contribution >= 0.6 is 0 Å². The molecule has 6 nitrogen and oxygen atoms in total. The van der Waals surface area contributed by atoms with E-state index in [-0.39, 0.29) is 5.91 Å². The standard InChI is InChI=1S/C12H17N3O3/c1-7-4-10-11(18-3-2-17-10)6-8(7)5-9(13)12(16)15-14/h4,6,9H,2-3,5,13-14H2,1H3,(H,15,16). The van der Waals surface area contributed by atoms with Crippen LogP contribution in [0.1, 0.15) is 11.1 Å². The predicted molar refractivity (Wildman–Crippen MR) is 66.2 cm³/mol. The zero-order valence-electron chi connectivity index (χ0n) is 10.2. The van der Waals surface area contributed by atoms with Crippen molar-refractivity contribution in [2.45, 2.75) is 19.4 Å². The summed E-state index contributed by atoms with van der Waals surface area (Å²) in [5.74, 6) is 6.10. The predicted octanol–water partition coefficient (Wildman–Crippen LogP) is -0.374. The fraction of sp³-hybridized carbons (Fsp3) is 0.417. The van der Waals surface area contributed by atoms with Crippen LogP contribution in [0.5, 0.6) is 11.5 Å². The molecule has 6 heteroatoms. The van der Waals surface area contributed by atoms with E-state index in [1.165, 1.54) is 0 Å². The summed E-state index contributed by atoms with van der Waals surface area (Å²) in [5.41, 5.74) is 9.75. The van der Waals surface area contributed by atoms with Gasteiger partial charge in [-0.05, 0) is 36.6 Å². The molecule has 0 aromatic heterocycles. The van der Waals surface area contributed by atoms with Crippen LogP contribution in [0.2, 0.25) is 0 Å². The summed E-state index contributed by atoms with van der Waals surface area (Å²) in [7, 11) is 0. The molecule has 1 atom stereocenters. The van der Waals surface area contributed by atoms with Gasteiger partial charge in [0.05, 0.1) is 6.04 Å². The molecule has 0 radical (unpaired) electrons. The van der Waals surface area contributed by atoms with Crippen molar-refractivity contribution >= 4 is 5.91 Å². The number of amides is 1. The molecule has 0 saturated carbocycles. The van der Waals surface area contributed by atoms with Gasteiger partial charge >= 0.3 is 0 Å². The minimum absolute atomic E-state index is 0.385. The molecule has 0 bridgehead atoms. The Balaban J connectivity index is 2.20. The van der Waals surface area contributed by atoms with Crippen LogP contribution in [0.25, 0.3) is 0 Å². The van der Waals surface area contributed by atoms with E-state index in [4.69, 9.17) is 21.1 Å². The third-order valence-electron chi connectivity index (χ3n) is 2.92. The van der Waals surface area contributed by atoms with E-state index in [1.807, 2.05) is 24.5 Å². The van der Waals surface area contributed by atoms with E-state index < -0.39 is 6.04 Å². The van der Waals surface area contributed by atoms with E-state index in [1.54, 1.807) is 0 Å². The summed E-state index contributed by atoms with van der Waals surface area (Å²) in [5, 5.41) is 0. The van der Waals surface area contributed by atoms with E-state index in [2.05, 4.69) is 0 Å². The van der Waals surface area contributed by atoms with Crippen molar-refractivity contribution in [1.82, 2.24) is 5.43 Å². The Kier molecular flexibility index (Phi) is 3.69. The molecule has 1 unspecified atom stereocenters. The Labute approximate surface area is 105 Å². The fourth-order valence-corrected chi connectivity index (χ4v) is 1.89. The van der Waals surface area contributed by atoms with Crippen molar-refractivity contribution in [3.8, 4) is 11.5 Å². The molecule has 2 rings (SSSR count). The van der Waals surface area contributed by atoms with Gasteiger partial charge in [-0.25, -0.2) is 5.84 Å². The molecule has 5 N–H and O–H groups in total. The summed E-state index contributed by atoms with van der Waals surface area (Å²) in [6.45, 7) is 3.03. The molecule has 1 amide bonds. The molecule has 0 fully saturated rings. The van der Waals surface area contributed by atoms with Crippen molar-refractivity contribution in [3.63, 3.8) is 0 Å². The molecule has 1 heterocycles. The SMILES string of the molecule is Cc1cc2c(cc1CC(N)C(=O)NN)OCCO2. The lowest BCUT2D eigenvalue weighted by Crippen LogP contribution is -2.45. The van der Waals surface area contributed by atoms with Gasteiger partial charge in [-0.15, -0.1) is 0 Å². The number of benzene rings is 1. The van der Waals surface area contributed by atoms with Crippen LogP contribution in [0.4, 0.5) is 0 Å². The largest absolute Gasteiger partial charge is 0.486 e. The number of carbonyl (C=O) groups excluding carboxylic acids is 1. The van der Waals surface area contributed by atoms with Crippen molar-refractivity contribution < 1.29 is 14.3 Å². The lowest BCUT2D eigenvalue weighted by Gasteiger charge is -2.21. The van der Waals surface area contributed by atoms with Gasteiger partial charge in [0.15, 0.2) is 11.5 Å². The van der Waals surface area contributed by atoms with Crippen LogP contribution in [-0.2, 0) is 11.2 Å². The molecule has 1 aromatic rings. The van der Waals surface area contributed by atoms with Crippen LogP contribution in [0.15, 0.2) is 12.1 Å². The Morgan fingerprint density at radius 3 is 2.61 bits per heavy atom. The maximum Gasteiger partial charge on any atom is 0.251 e. The van der Waals surface area contributed by atoms with Gasteiger partial charge in [0, 0.05) is 0 Å². The van der Waals surface area contributed by atoms with Crippen LogP contribution in [0, 0.1) is 6.92 Å². The number of aryl methyl sites for hydroxylation is 1. The molecular formula is C12H17N3O3. The summed E-state index contributed by atoms with van der Waals surface area (Å²) >= 11 is 0. The lowest BCUT2D eigenvalue weighted by molar-refractivity contribution is -0.122. The van der Waals surface area contributed by atoms with Crippen LogP contribution < -0.4 is 26.5 Å². The first-order valence-corrected chi connectivity index (χ1v) is 5.77. The van der Waals surface area contributed by atoms with E-state index in [0.29, 0.717) is 25.4 Å². The van der Waals surface area contributed by atoms with Crippen LogP contribution in [-0.4, -0.2) is 25.2 Å². The average molecular weight is 251 g/mol. The monoisotopic (exact) mass is 251 g/mol. The quantitative estimate of drug-likeness (QED) is 0.386. The first-order valence-electron chi connectivity index (χ1n) is 5.77. The second-order valence-electron chi connectivity index (χ2n) is 4.24. The highest BCUT2D eigenvalue weighted by molar-refractivity contribution is 5.81. The minimum atomic E-state index is -0.670. The van der Waals surface area contributed by atoms with Gasteiger partial charge in [-0.1, -0.05) is 0 Å². The second-order valence-corrected chi connectivity index (χ2v) is 4.24. The minimum Gasteiger partial charge on any atom is -0.486 e. The molecule has 98 valence electrons. The topological polar surface area (TPSA) is 99.6 Å². The smallest absolute Gasteiger partial charge is 0.251 e. The lowest BCUT2D eigenvalue weighted by atomic mass is 10.00. The number of nitrogens with two attached hydrogens (primary N) is 2. The van der Waals surface area contributed by atoms with Crippen molar-refractivity contribution in [3.05, 3.63) is 23.3 Å². The van der Waals surface area contributed by atoms with Gasteiger partial charge in [-0.2, -0.15) is 0 Å². The Morgan fingerprint density at radius 2 is 2.00 bits per heavy atom.